The van der Waals surface area contributed by atoms with E-state index in [1.165, 1.54) is 4.90 Å². The molecule has 190 valence electrons. The Hall–Kier alpha value is -3.49. The summed E-state index contributed by atoms with van der Waals surface area (Å²) in [7, 11) is 0. The lowest BCUT2D eigenvalue weighted by Crippen LogP contribution is -2.42. The fraction of sp³-hybridized carbons (Fsp3) is 0.500. The van der Waals surface area contributed by atoms with Gasteiger partial charge in [0, 0.05) is 36.0 Å². The highest BCUT2D eigenvalue weighted by Gasteiger charge is 2.33. The van der Waals surface area contributed by atoms with Gasteiger partial charge in [-0.3, -0.25) is 4.79 Å². The summed E-state index contributed by atoms with van der Waals surface area (Å²) in [6.45, 7) is 12.3. The van der Waals surface area contributed by atoms with Crippen molar-refractivity contribution in [1.29, 1.82) is 0 Å². The molecule has 0 radical (unpaired) electrons. The third-order valence-electron chi connectivity index (χ3n) is 5.57. The van der Waals surface area contributed by atoms with Crippen molar-refractivity contribution in [3.05, 3.63) is 29.8 Å². The predicted octanol–water partition coefficient (Wildman–Crippen LogP) is 4.82. The molecule has 3 rings (SSSR count). The Morgan fingerprint density at radius 3 is 2.49 bits per heavy atom. The van der Waals surface area contributed by atoms with E-state index in [9.17, 15) is 14.4 Å². The summed E-state index contributed by atoms with van der Waals surface area (Å²) >= 11 is 0. The minimum atomic E-state index is -0.733. The van der Waals surface area contributed by atoms with Crippen LogP contribution in [0.25, 0.3) is 10.8 Å². The van der Waals surface area contributed by atoms with Crippen molar-refractivity contribution in [2.75, 3.05) is 19.6 Å². The SMILES string of the molecule is CCN(CCNC(=O)Oc1c2c(c3ccccc3c1OC=O)OC(C)(C)CC2)C(=O)OC(C)(C)C. The summed E-state index contributed by atoms with van der Waals surface area (Å²) in [5, 5.41) is 4.03. The van der Waals surface area contributed by atoms with Crippen molar-refractivity contribution >= 4 is 29.4 Å². The second kappa shape index (κ2) is 10.4. The third kappa shape index (κ3) is 6.35. The molecule has 0 unspecified atom stereocenters. The maximum Gasteiger partial charge on any atom is 0.412 e. The highest BCUT2D eigenvalue weighted by molar-refractivity contribution is 5.99. The van der Waals surface area contributed by atoms with Crippen LogP contribution in [0.5, 0.6) is 17.2 Å². The van der Waals surface area contributed by atoms with Gasteiger partial charge in [0.25, 0.3) is 6.47 Å². The van der Waals surface area contributed by atoms with Gasteiger partial charge >= 0.3 is 12.2 Å². The number of benzene rings is 2. The molecule has 0 fully saturated rings. The fourth-order valence-corrected chi connectivity index (χ4v) is 3.90. The van der Waals surface area contributed by atoms with Gasteiger partial charge in [0.2, 0.25) is 0 Å². The lowest BCUT2D eigenvalue weighted by Gasteiger charge is -2.34. The monoisotopic (exact) mass is 486 g/mol. The second-order valence-corrected chi connectivity index (χ2v) is 9.96. The van der Waals surface area contributed by atoms with Gasteiger partial charge in [-0.15, -0.1) is 0 Å². The molecule has 35 heavy (non-hydrogen) atoms. The molecule has 9 heteroatoms. The molecule has 1 aliphatic rings. The topological polar surface area (TPSA) is 103 Å². The number of ether oxygens (including phenoxy) is 4. The number of nitrogens with one attached hydrogen (secondary N) is 1. The van der Waals surface area contributed by atoms with Gasteiger partial charge in [0.05, 0.1) is 0 Å². The summed E-state index contributed by atoms with van der Waals surface area (Å²) in [5.74, 6) is 0.926. The van der Waals surface area contributed by atoms with Gasteiger partial charge < -0.3 is 29.2 Å². The van der Waals surface area contributed by atoms with Crippen LogP contribution in [-0.2, 0) is 16.0 Å². The van der Waals surface area contributed by atoms with Crippen LogP contribution >= 0.6 is 0 Å². The van der Waals surface area contributed by atoms with Gasteiger partial charge in [0.1, 0.15) is 17.0 Å². The number of fused-ring (bicyclic) bond motifs is 3. The molecule has 2 aromatic carbocycles. The Bertz CT molecular complexity index is 1110. The van der Waals surface area contributed by atoms with Crippen molar-refractivity contribution in [3.63, 3.8) is 0 Å². The van der Waals surface area contributed by atoms with Crippen LogP contribution in [0, 0.1) is 0 Å². The molecule has 1 heterocycles. The predicted molar refractivity (Wildman–Crippen MR) is 131 cm³/mol. The first kappa shape index (κ1) is 26.1. The summed E-state index contributed by atoms with van der Waals surface area (Å²) in [5.41, 5.74) is -0.343. The molecule has 0 bridgehead atoms. The third-order valence-corrected chi connectivity index (χ3v) is 5.57. The largest absolute Gasteiger partial charge is 0.487 e. The number of carbonyl (C=O) groups is 3. The molecule has 0 saturated carbocycles. The van der Waals surface area contributed by atoms with E-state index in [0.717, 1.165) is 5.39 Å². The van der Waals surface area contributed by atoms with E-state index in [2.05, 4.69) is 5.32 Å². The van der Waals surface area contributed by atoms with E-state index < -0.39 is 23.4 Å². The normalized spacial score (nSPS) is 14.3. The van der Waals surface area contributed by atoms with Crippen LogP contribution in [0.1, 0.15) is 53.5 Å². The first-order valence-corrected chi connectivity index (χ1v) is 11.8. The number of carbonyl (C=O) groups excluding carboxylic acids is 3. The average molecular weight is 487 g/mol. The van der Waals surface area contributed by atoms with E-state index in [1.54, 1.807) is 32.9 Å². The fourth-order valence-electron chi connectivity index (χ4n) is 3.90. The smallest absolute Gasteiger partial charge is 0.412 e. The van der Waals surface area contributed by atoms with Gasteiger partial charge in [0.15, 0.2) is 11.5 Å². The number of rotatable bonds is 7. The molecule has 0 saturated heterocycles. The Morgan fingerprint density at radius 1 is 1.17 bits per heavy atom. The Balaban J connectivity index is 1.82. The summed E-state index contributed by atoms with van der Waals surface area (Å²) in [6.07, 6.45) is 0.0781. The number of hydrogen-bond donors (Lipinski definition) is 1. The first-order valence-electron chi connectivity index (χ1n) is 11.8. The minimum absolute atomic E-state index is 0.148. The van der Waals surface area contributed by atoms with Crippen LogP contribution < -0.4 is 19.5 Å². The van der Waals surface area contributed by atoms with Crippen molar-refractivity contribution in [1.82, 2.24) is 10.2 Å². The summed E-state index contributed by atoms with van der Waals surface area (Å²) in [6, 6.07) is 7.34. The molecule has 0 aliphatic carbocycles. The van der Waals surface area contributed by atoms with Gasteiger partial charge in [-0.2, -0.15) is 0 Å². The highest BCUT2D eigenvalue weighted by Crippen LogP contribution is 2.49. The quantitative estimate of drug-likeness (QED) is 0.560. The average Bonchev–Trinajstić information content (AvgIpc) is 2.77. The van der Waals surface area contributed by atoms with Crippen molar-refractivity contribution in [3.8, 4) is 17.2 Å². The zero-order chi connectivity index (χ0) is 25.8. The lowest BCUT2D eigenvalue weighted by atomic mass is 9.91. The molecule has 1 N–H and O–H groups in total. The summed E-state index contributed by atoms with van der Waals surface area (Å²) < 4.78 is 22.6. The number of amides is 2. The Labute approximate surface area is 205 Å². The number of hydrogen-bond acceptors (Lipinski definition) is 7. The van der Waals surface area contributed by atoms with E-state index in [0.29, 0.717) is 42.6 Å². The zero-order valence-corrected chi connectivity index (χ0v) is 21.2. The van der Waals surface area contributed by atoms with E-state index in [-0.39, 0.29) is 24.6 Å². The van der Waals surface area contributed by atoms with Crippen LogP contribution in [0.2, 0.25) is 0 Å². The van der Waals surface area contributed by atoms with Crippen LogP contribution in [-0.4, -0.2) is 54.4 Å². The summed E-state index contributed by atoms with van der Waals surface area (Å²) in [4.78, 5) is 37.8. The number of likely N-dealkylation sites (N-methyl/N-ethyl adjacent to an activating group) is 1. The molecule has 0 atom stereocenters. The van der Waals surface area contributed by atoms with Crippen LogP contribution in [0.15, 0.2) is 24.3 Å². The molecular formula is C26H34N2O7. The highest BCUT2D eigenvalue weighted by atomic mass is 16.6. The Kier molecular flexibility index (Phi) is 7.77. The molecule has 1 aliphatic heterocycles. The van der Waals surface area contributed by atoms with Gasteiger partial charge in [-0.25, -0.2) is 9.59 Å². The number of nitrogens with zero attached hydrogens (tertiary/aromatic N) is 1. The van der Waals surface area contributed by atoms with E-state index in [1.807, 2.05) is 32.9 Å². The van der Waals surface area contributed by atoms with E-state index >= 15 is 0 Å². The molecule has 2 amide bonds. The lowest BCUT2D eigenvalue weighted by molar-refractivity contribution is -0.120. The van der Waals surface area contributed by atoms with Gasteiger partial charge in [-0.05, 0) is 54.4 Å². The van der Waals surface area contributed by atoms with Crippen LogP contribution in [0.3, 0.4) is 0 Å². The van der Waals surface area contributed by atoms with Gasteiger partial charge in [-0.1, -0.05) is 24.3 Å². The van der Waals surface area contributed by atoms with Crippen LogP contribution in [0.4, 0.5) is 9.59 Å². The van der Waals surface area contributed by atoms with Crippen molar-refractivity contribution in [2.24, 2.45) is 0 Å². The maximum absolute atomic E-state index is 12.7. The molecule has 9 nitrogen and oxygen atoms in total. The molecule has 0 spiro atoms. The molecule has 2 aromatic rings. The minimum Gasteiger partial charge on any atom is -0.487 e. The maximum atomic E-state index is 12.7. The zero-order valence-electron chi connectivity index (χ0n) is 21.2. The molecule has 0 aromatic heterocycles. The second-order valence-electron chi connectivity index (χ2n) is 9.96. The standard InChI is InChI=1S/C26H34N2O7/c1-7-28(24(31)35-25(2,3)4)15-14-27-23(30)33-22-19-12-13-26(5,6)34-20(19)17-10-8-9-11-18(17)21(22)32-16-29/h8-11,16H,7,12-15H2,1-6H3,(H,27,30). The first-order chi connectivity index (χ1) is 16.5. The van der Waals surface area contributed by atoms with Crippen molar-refractivity contribution in [2.45, 2.75) is 65.6 Å². The molecular weight excluding hydrogens is 452 g/mol. The Morgan fingerprint density at radius 2 is 1.86 bits per heavy atom. The van der Waals surface area contributed by atoms with Crippen molar-refractivity contribution < 1.29 is 33.3 Å². The van der Waals surface area contributed by atoms with E-state index in [4.69, 9.17) is 18.9 Å².